The van der Waals surface area contributed by atoms with E-state index >= 15 is 0 Å². The van der Waals surface area contributed by atoms with E-state index in [1.54, 1.807) is 6.26 Å². The van der Waals surface area contributed by atoms with E-state index in [1.807, 2.05) is 19.1 Å². The maximum absolute atomic E-state index is 12.2. The minimum absolute atomic E-state index is 0.271. The van der Waals surface area contributed by atoms with Gasteiger partial charge in [0, 0.05) is 22.9 Å². The van der Waals surface area contributed by atoms with Crippen molar-refractivity contribution in [2.45, 2.75) is 45.4 Å². The molecule has 4 heteroatoms. The lowest BCUT2D eigenvalue weighted by Crippen LogP contribution is -2.08. The molecule has 27 heavy (non-hydrogen) atoms. The highest BCUT2D eigenvalue weighted by atomic mass is 79.9. The summed E-state index contributed by atoms with van der Waals surface area (Å²) in [4.78, 5) is 12.2. The number of aromatic nitrogens is 1. The van der Waals surface area contributed by atoms with Crippen LogP contribution in [0.5, 0.6) is 0 Å². The van der Waals surface area contributed by atoms with Crippen molar-refractivity contribution in [1.82, 2.24) is 5.16 Å². The predicted molar refractivity (Wildman–Crippen MR) is 111 cm³/mol. The van der Waals surface area contributed by atoms with Gasteiger partial charge in [0.15, 0.2) is 0 Å². The van der Waals surface area contributed by atoms with E-state index in [0.29, 0.717) is 18.8 Å². The van der Waals surface area contributed by atoms with Gasteiger partial charge < -0.3 is 4.52 Å². The molecular weight excluding hydrogens is 402 g/mol. The lowest BCUT2D eigenvalue weighted by Gasteiger charge is -2.10. The average Bonchev–Trinajstić information content (AvgIpc) is 3.25. The Bertz CT molecular complexity index is 878. The molecule has 1 heterocycles. The molecule has 1 aromatic heterocycles. The SMILES string of the molecule is Cc1ccc(Br)cc1.Cc1nocc1CC(=O)C[C@H]1CCc2ccccc21. The Morgan fingerprint density at radius 1 is 1.15 bits per heavy atom. The minimum atomic E-state index is 0.271. The number of fused-ring (bicyclic) bond motifs is 1. The molecule has 3 aromatic rings. The summed E-state index contributed by atoms with van der Waals surface area (Å²) in [5.74, 6) is 0.664. The van der Waals surface area contributed by atoms with Gasteiger partial charge in [0.05, 0.1) is 5.69 Å². The molecule has 3 nitrogen and oxygen atoms in total. The van der Waals surface area contributed by atoms with Gasteiger partial charge in [-0.3, -0.25) is 4.79 Å². The maximum Gasteiger partial charge on any atom is 0.138 e. The van der Waals surface area contributed by atoms with Crippen molar-refractivity contribution in [1.29, 1.82) is 0 Å². The summed E-state index contributed by atoms with van der Waals surface area (Å²) in [6.07, 6.45) is 4.83. The van der Waals surface area contributed by atoms with E-state index in [-0.39, 0.29) is 5.78 Å². The molecule has 0 radical (unpaired) electrons. The zero-order valence-corrected chi connectivity index (χ0v) is 17.3. The number of ketones is 1. The molecule has 1 aliphatic rings. The molecule has 0 unspecified atom stereocenters. The fourth-order valence-corrected chi connectivity index (χ4v) is 3.70. The molecule has 0 spiro atoms. The number of hydrogen-bond acceptors (Lipinski definition) is 3. The second kappa shape index (κ2) is 9.14. The van der Waals surface area contributed by atoms with Crippen LogP contribution >= 0.6 is 15.9 Å². The second-order valence-corrected chi connectivity index (χ2v) is 7.99. The van der Waals surface area contributed by atoms with Gasteiger partial charge in [0.1, 0.15) is 12.0 Å². The maximum atomic E-state index is 12.2. The fraction of sp³-hybridized carbons (Fsp3) is 0.304. The van der Waals surface area contributed by atoms with E-state index in [1.165, 1.54) is 16.7 Å². The number of carbonyl (C=O) groups is 1. The van der Waals surface area contributed by atoms with E-state index in [9.17, 15) is 4.79 Å². The summed E-state index contributed by atoms with van der Waals surface area (Å²) in [6.45, 7) is 3.95. The zero-order chi connectivity index (χ0) is 19.2. The summed E-state index contributed by atoms with van der Waals surface area (Å²) in [5, 5.41) is 3.81. The van der Waals surface area contributed by atoms with Crippen molar-refractivity contribution in [2.24, 2.45) is 0 Å². The number of hydrogen-bond donors (Lipinski definition) is 0. The first-order valence-electron chi connectivity index (χ1n) is 9.24. The molecule has 1 aliphatic carbocycles. The van der Waals surface area contributed by atoms with Gasteiger partial charge >= 0.3 is 0 Å². The first-order chi connectivity index (χ1) is 13.0. The van der Waals surface area contributed by atoms with Gasteiger partial charge in [0.2, 0.25) is 0 Å². The Hall–Kier alpha value is -2.20. The number of benzene rings is 2. The van der Waals surface area contributed by atoms with Gasteiger partial charge in [0.25, 0.3) is 0 Å². The standard InChI is InChI=1S/C16H17NO2.C7H7Br/c1-11-14(10-19-17-11)9-15(18)8-13-7-6-12-4-2-3-5-16(12)13;1-6-2-4-7(8)5-3-6/h2-5,10,13H,6-9H2,1H3;2-5H,1H3/t13-;/m1./s1. The number of aryl methyl sites for hydroxylation is 3. The molecule has 0 saturated carbocycles. The average molecular weight is 426 g/mol. The molecule has 140 valence electrons. The molecule has 1 atom stereocenters. The van der Waals surface area contributed by atoms with Crippen molar-refractivity contribution in [3.63, 3.8) is 0 Å². The Morgan fingerprint density at radius 3 is 2.56 bits per heavy atom. The normalized spacial score (nSPS) is 15.0. The van der Waals surface area contributed by atoms with Crippen LogP contribution in [0.2, 0.25) is 0 Å². The zero-order valence-electron chi connectivity index (χ0n) is 15.7. The van der Waals surface area contributed by atoms with Crippen LogP contribution < -0.4 is 0 Å². The molecule has 0 aliphatic heterocycles. The van der Waals surface area contributed by atoms with Crippen LogP contribution in [0.4, 0.5) is 0 Å². The van der Waals surface area contributed by atoms with Crippen molar-refractivity contribution in [3.05, 3.63) is 87.2 Å². The highest BCUT2D eigenvalue weighted by Crippen LogP contribution is 2.35. The number of rotatable bonds is 4. The van der Waals surface area contributed by atoms with Crippen LogP contribution in [0.3, 0.4) is 0 Å². The van der Waals surface area contributed by atoms with Crippen LogP contribution in [0.15, 0.2) is 63.8 Å². The summed E-state index contributed by atoms with van der Waals surface area (Å²) >= 11 is 3.35. The quantitative estimate of drug-likeness (QED) is 0.516. The topological polar surface area (TPSA) is 43.1 Å². The van der Waals surface area contributed by atoms with Gasteiger partial charge in [-0.1, -0.05) is 63.0 Å². The Balaban J connectivity index is 0.000000221. The summed E-state index contributed by atoms with van der Waals surface area (Å²) in [6, 6.07) is 16.7. The first kappa shape index (κ1) is 19.6. The third-order valence-corrected chi connectivity index (χ3v) is 5.51. The first-order valence-corrected chi connectivity index (χ1v) is 10.0. The van der Waals surface area contributed by atoms with Crippen LogP contribution in [-0.2, 0) is 17.6 Å². The highest BCUT2D eigenvalue weighted by Gasteiger charge is 2.24. The van der Waals surface area contributed by atoms with E-state index in [0.717, 1.165) is 28.6 Å². The molecule has 0 bridgehead atoms. The lowest BCUT2D eigenvalue weighted by atomic mass is 9.93. The van der Waals surface area contributed by atoms with Crippen LogP contribution in [-0.4, -0.2) is 10.9 Å². The largest absolute Gasteiger partial charge is 0.364 e. The van der Waals surface area contributed by atoms with E-state index < -0.39 is 0 Å². The number of nitrogens with zero attached hydrogens (tertiary/aromatic N) is 1. The van der Waals surface area contributed by atoms with Gasteiger partial charge in [-0.05, 0) is 55.9 Å². The van der Waals surface area contributed by atoms with Crippen LogP contribution in [0.25, 0.3) is 0 Å². The molecule has 0 N–H and O–H groups in total. The molecule has 4 rings (SSSR count). The minimum Gasteiger partial charge on any atom is -0.364 e. The van der Waals surface area contributed by atoms with Gasteiger partial charge in [-0.2, -0.15) is 0 Å². The van der Waals surface area contributed by atoms with Gasteiger partial charge in [-0.15, -0.1) is 0 Å². The summed E-state index contributed by atoms with van der Waals surface area (Å²) in [5.41, 5.74) is 5.80. The fourth-order valence-electron chi connectivity index (χ4n) is 3.43. The smallest absolute Gasteiger partial charge is 0.138 e. The van der Waals surface area contributed by atoms with E-state index in [2.05, 4.69) is 64.4 Å². The molecule has 0 amide bonds. The third-order valence-electron chi connectivity index (χ3n) is 4.98. The highest BCUT2D eigenvalue weighted by molar-refractivity contribution is 9.10. The Labute approximate surface area is 168 Å². The monoisotopic (exact) mass is 425 g/mol. The molecule has 0 saturated heterocycles. The van der Waals surface area contributed by atoms with Gasteiger partial charge in [-0.25, -0.2) is 0 Å². The Morgan fingerprint density at radius 2 is 1.89 bits per heavy atom. The van der Waals surface area contributed by atoms with Crippen molar-refractivity contribution in [3.8, 4) is 0 Å². The molecule has 0 fully saturated rings. The van der Waals surface area contributed by atoms with Crippen LogP contribution in [0, 0.1) is 13.8 Å². The second-order valence-electron chi connectivity index (χ2n) is 7.07. The predicted octanol–water partition coefficient (Wildman–Crippen LogP) is 5.97. The van der Waals surface area contributed by atoms with Crippen LogP contribution in [0.1, 0.15) is 46.7 Å². The summed E-state index contributed by atoms with van der Waals surface area (Å²) < 4.78 is 6.01. The van der Waals surface area contributed by atoms with E-state index in [4.69, 9.17) is 4.52 Å². The molecular formula is C23H24BrNO2. The number of carbonyl (C=O) groups excluding carboxylic acids is 1. The van der Waals surface area contributed by atoms with Crippen molar-refractivity contribution in [2.75, 3.05) is 0 Å². The van der Waals surface area contributed by atoms with Crippen molar-refractivity contribution >= 4 is 21.7 Å². The van der Waals surface area contributed by atoms with Crippen molar-refractivity contribution < 1.29 is 9.32 Å². The summed E-state index contributed by atoms with van der Waals surface area (Å²) in [7, 11) is 0. The lowest BCUT2D eigenvalue weighted by molar-refractivity contribution is -0.118. The number of halogens is 1. The number of Topliss-reactive ketones (excluding diaryl/α,β-unsaturated/α-hetero) is 1. The Kier molecular flexibility index (Phi) is 6.62. The molecule has 2 aromatic carbocycles. The third kappa shape index (κ3) is 5.39.